The number of ether oxygens (including phenoxy) is 1. The summed E-state index contributed by atoms with van der Waals surface area (Å²) in [7, 11) is -1.67. The highest BCUT2D eigenvalue weighted by Gasteiger charge is 2.35. The highest BCUT2D eigenvalue weighted by Crippen LogP contribution is 2.37. The molecule has 0 N–H and O–H groups in total. The van der Waals surface area contributed by atoms with Crippen LogP contribution in [0.3, 0.4) is 0 Å². The van der Waals surface area contributed by atoms with Crippen LogP contribution < -0.4 is 4.74 Å². The quantitative estimate of drug-likeness (QED) is 0.865. The summed E-state index contributed by atoms with van der Waals surface area (Å²) in [4.78, 5) is 0. The van der Waals surface area contributed by atoms with E-state index in [-0.39, 0.29) is 11.8 Å². The van der Waals surface area contributed by atoms with E-state index in [1.54, 1.807) is 18.3 Å². The van der Waals surface area contributed by atoms with Gasteiger partial charge in [0.05, 0.1) is 18.9 Å². The van der Waals surface area contributed by atoms with Crippen LogP contribution in [0.1, 0.15) is 29.7 Å². The van der Waals surface area contributed by atoms with Crippen LogP contribution in [0.4, 0.5) is 0 Å². The molecule has 0 aliphatic carbocycles. The van der Waals surface area contributed by atoms with E-state index >= 15 is 0 Å². The summed E-state index contributed by atoms with van der Waals surface area (Å²) in [6.45, 7) is 2.20. The lowest BCUT2D eigenvalue weighted by Crippen LogP contribution is -2.41. The summed E-state index contributed by atoms with van der Waals surface area (Å²) in [5.41, 5.74) is 3.21. The molecule has 1 unspecified atom stereocenters. The van der Waals surface area contributed by atoms with Crippen molar-refractivity contribution in [2.45, 2.75) is 19.4 Å². The predicted octanol–water partition coefficient (Wildman–Crippen LogP) is 2.99. The molecule has 0 fully saturated rings. The molecule has 0 amide bonds. The number of hydrogen-bond acceptors (Lipinski definition) is 3. The Bertz CT molecular complexity index is 801. The van der Waals surface area contributed by atoms with Gasteiger partial charge in [-0.15, -0.1) is 0 Å². The molecule has 0 radical (unpaired) electrons. The number of fused-ring (bicyclic) bond motifs is 1. The molecule has 1 aliphatic rings. The van der Waals surface area contributed by atoms with E-state index in [2.05, 4.69) is 6.07 Å². The monoisotopic (exact) mass is 331 g/mol. The fourth-order valence-electron chi connectivity index (χ4n) is 3.17. The first-order valence-electron chi connectivity index (χ1n) is 7.78. The zero-order valence-corrected chi connectivity index (χ0v) is 14.2. The van der Waals surface area contributed by atoms with Gasteiger partial charge in [-0.25, -0.2) is 8.42 Å². The maximum absolute atomic E-state index is 12.6. The van der Waals surface area contributed by atoms with Gasteiger partial charge in [0.2, 0.25) is 10.0 Å². The maximum Gasteiger partial charge on any atom is 0.214 e. The Balaban J connectivity index is 2.17. The van der Waals surface area contributed by atoms with Crippen LogP contribution >= 0.6 is 0 Å². The Kier molecular flexibility index (Phi) is 4.41. The van der Waals surface area contributed by atoms with Crippen molar-refractivity contribution in [3.05, 3.63) is 65.2 Å². The fourth-order valence-corrected chi connectivity index (χ4v) is 4.42. The number of sulfonamides is 1. The van der Waals surface area contributed by atoms with Gasteiger partial charge in [-0.2, -0.15) is 4.31 Å². The second kappa shape index (κ2) is 6.34. The average Bonchev–Trinajstić information content (AvgIpc) is 2.60. The third kappa shape index (κ3) is 2.99. The van der Waals surface area contributed by atoms with E-state index < -0.39 is 10.0 Å². The van der Waals surface area contributed by atoms with Crippen molar-refractivity contribution in [1.29, 1.82) is 0 Å². The molecule has 2 aromatic carbocycles. The van der Waals surface area contributed by atoms with Crippen molar-refractivity contribution in [3.63, 3.8) is 0 Å². The maximum atomic E-state index is 12.6. The zero-order chi connectivity index (χ0) is 16.4. The Morgan fingerprint density at radius 3 is 2.70 bits per heavy atom. The smallest absolute Gasteiger partial charge is 0.214 e. The van der Waals surface area contributed by atoms with E-state index in [1.807, 2.05) is 42.5 Å². The molecule has 0 bridgehead atoms. The average molecular weight is 331 g/mol. The summed E-state index contributed by atoms with van der Waals surface area (Å²) >= 11 is 0. The topological polar surface area (TPSA) is 46.6 Å². The van der Waals surface area contributed by atoms with Gasteiger partial charge in [0, 0.05) is 6.54 Å². The van der Waals surface area contributed by atoms with Crippen molar-refractivity contribution in [1.82, 2.24) is 4.31 Å². The molecular formula is C18H21NO3S. The number of benzene rings is 2. The van der Waals surface area contributed by atoms with Crippen molar-refractivity contribution in [2.75, 3.05) is 19.4 Å². The molecule has 1 atom stereocenters. The highest BCUT2D eigenvalue weighted by atomic mass is 32.2. The predicted molar refractivity (Wildman–Crippen MR) is 91.1 cm³/mol. The minimum atomic E-state index is -3.29. The third-order valence-electron chi connectivity index (χ3n) is 4.37. The van der Waals surface area contributed by atoms with Crippen molar-refractivity contribution in [3.8, 4) is 5.75 Å². The highest BCUT2D eigenvalue weighted by molar-refractivity contribution is 7.89. The molecule has 3 rings (SSSR count). The molecule has 4 nitrogen and oxygen atoms in total. The number of methoxy groups -OCH3 is 1. The van der Waals surface area contributed by atoms with Gasteiger partial charge in [-0.05, 0) is 42.2 Å². The molecule has 1 heterocycles. The molecule has 2 aromatic rings. The normalized spacial score (nSPS) is 18.4. The van der Waals surface area contributed by atoms with Gasteiger partial charge in [0.25, 0.3) is 0 Å². The molecule has 122 valence electrons. The molecular weight excluding hydrogens is 310 g/mol. The van der Waals surface area contributed by atoms with Crippen molar-refractivity contribution >= 4 is 10.0 Å². The molecule has 1 aliphatic heterocycles. The molecule has 5 heteroatoms. The Morgan fingerprint density at radius 2 is 1.96 bits per heavy atom. The second-order valence-corrected chi connectivity index (χ2v) is 7.85. The lowest BCUT2D eigenvalue weighted by Gasteiger charge is -2.36. The first kappa shape index (κ1) is 16.0. The molecule has 0 saturated carbocycles. The zero-order valence-electron chi connectivity index (χ0n) is 13.4. The first-order chi connectivity index (χ1) is 11.1. The van der Waals surface area contributed by atoms with Crippen LogP contribution in [-0.2, 0) is 16.4 Å². The van der Waals surface area contributed by atoms with Crippen LogP contribution in [0.25, 0.3) is 0 Å². The SMILES string of the molecule is CCS(=O)(=O)N1CCc2ccccc2C1c1cccc(OC)c1. The summed E-state index contributed by atoms with van der Waals surface area (Å²) < 4.78 is 32.1. The summed E-state index contributed by atoms with van der Waals surface area (Å²) in [6.07, 6.45) is 0.746. The molecule has 0 saturated heterocycles. The number of rotatable bonds is 4. The van der Waals surface area contributed by atoms with Crippen LogP contribution in [0.2, 0.25) is 0 Å². The summed E-state index contributed by atoms with van der Waals surface area (Å²) in [6, 6.07) is 15.5. The first-order valence-corrected chi connectivity index (χ1v) is 9.39. The number of hydrogen-bond donors (Lipinski definition) is 0. The van der Waals surface area contributed by atoms with Crippen molar-refractivity contribution < 1.29 is 13.2 Å². The van der Waals surface area contributed by atoms with Gasteiger partial charge in [-0.1, -0.05) is 36.4 Å². The molecule has 0 spiro atoms. The van der Waals surface area contributed by atoms with E-state index in [1.165, 1.54) is 5.56 Å². The summed E-state index contributed by atoms with van der Waals surface area (Å²) in [5, 5.41) is 0. The van der Waals surface area contributed by atoms with E-state index in [0.717, 1.165) is 23.3 Å². The van der Waals surface area contributed by atoms with Crippen LogP contribution in [-0.4, -0.2) is 32.1 Å². The van der Waals surface area contributed by atoms with Crippen molar-refractivity contribution in [2.24, 2.45) is 0 Å². The molecule has 0 aromatic heterocycles. The van der Waals surface area contributed by atoms with Crippen LogP contribution in [0.5, 0.6) is 5.75 Å². The van der Waals surface area contributed by atoms with Gasteiger partial charge in [0.15, 0.2) is 0 Å². The van der Waals surface area contributed by atoms with Gasteiger partial charge in [-0.3, -0.25) is 0 Å². The van der Waals surface area contributed by atoms with Gasteiger partial charge >= 0.3 is 0 Å². The van der Waals surface area contributed by atoms with E-state index in [9.17, 15) is 8.42 Å². The van der Waals surface area contributed by atoms with Gasteiger partial charge < -0.3 is 4.74 Å². The third-order valence-corrected chi connectivity index (χ3v) is 6.21. The fraction of sp³-hybridized carbons (Fsp3) is 0.333. The van der Waals surface area contributed by atoms with E-state index in [0.29, 0.717) is 6.54 Å². The van der Waals surface area contributed by atoms with E-state index in [4.69, 9.17) is 4.74 Å². The minimum absolute atomic E-state index is 0.107. The Labute approximate surface area is 137 Å². The lowest BCUT2D eigenvalue weighted by molar-refractivity contribution is 0.343. The van der Waals surface area contributed by atoms with Crippen LogP contribution in [0.15, 0.2) is 48.5 Å². The number of nitrogens with zero attached hydrogens (tertiary/aromatic N) is 1. The Morgan fingerprint density at radius 1 is 1.17 bits per heavy atom. The largest absolute Gasteiger partial charge is 0.497 e. The van der Waals surface area contributed by atoms with Gasteiger partial charge in [0.1, 0.15) is 5.75 Å². The minimum Gasteiger partial charge on any atom is -0.497 e. The van der Waals surface area contributed by atoms with Crippen LogP contribution in [0, 0.1) is 0 Å². The summed E-state index contributed by atoms with van der Waals surface area (Å²) in [5.74, 6) is 0.842. The second-order valence-electron chi connectivity index (χ2n) is 5.64. The standard InChI is InChI=1S/C18H21NO3S/c1-3-23(20,21)19-12-11-14-7-4-5-10-17(14)18(19)15-8-6-9-16(13-15)22-2/h4-10,13,18H,3,11-12H2,1-2H3. The Hall–Kier alpha value is -1.85. The molecule has 23 heavy (non-hydrogen) atoms. The lowest BCUT2D eigenvalue weighted by atomic mass is 9.90.